The van der Waals surface area contributed by atoms with Gasteiger partial charge in [-0.05, 0) is 6.07 Å². The summed E-state index contributed by atoms with van der Waals surface area (Å²) in [6, 6.07) is 1.55. The van der Waals surface area contributed by atoms with E-state index in [4.69, 9.17) is 10.5 Å². The number of fused-ring (bicyclic) bond motifs is 1. The normalized spacial score (nSPS) is 26.0. The number of hydrogen-bond donors (Lipinski definition) is 3. The lowest BCUT2D eigenvalue weighted by molar-refractivity contribution is -0.0121. The number of aromatic nitrogens is 3. The molecule has 1 saturated heterocycles. The van der Waals surface area contributed by atoms with E-state index in [1.165, 1.54) is 17.1 Å². The van der Waals surface area contributed by atoms with E-state index in [-0.39, 0.29) is 5.82 Å². The van der Waals surface area contributed by atoms with Crippen LogP contribution in [0.1, 0.15) is 6.23 Å². The fraction of sp³-hybridized carbons (Fsp3) is 0.273. The van der Waals surface area contributed by atoms with Gasteiger partial charge in [0.15, 0.2) is 11.6 Å². The van der Waals surface area contributed by atoms with Crippen LogP contribution in [-0.2, 0) is 4.74 Å². The van der Waals surface area contributed by atoms with Crippen LogP contribution in [-0.4, -0.2) is 37.0 Å². The van der Waals surface area contributed by atoms with E-state index in [1.807, 2.05) is 0 Å². The van der Waals surface area contributed by atoms with E-state index in [0.29, 0.717) is 11.0 Å². The molecule has 3 heterocycles. The van der Waals surface area contributed by atoms with Crippen LogP contribution < -0.4 is 5.73 Å². The Morgan fingerprint density at radius 1 is 1.35 bits per heavy atom. The van der Waals surface area contributed by atoms with Crippen LogP contribution in [0.15, 0.2) is 30.4 Å². The van der Waals surface area contributed by atoms with Crippen LogP contribution in [0.25, 0.3) is 11.0 Å². The number of aliphatic hydroxyl groups excluding tert-OH is 2. The first-order valence-corrected chi connectivity index (χ1v) is 5.65. The summed E-state index contributed by atoms with van der Waals surface area (Å²) in [7, 11) is 0. The maximum atomic E-state index is 12.6. The van der Waals surface area contributed by atoms with E-state index in [0.717, 1.165) is 0 Å². The number of hydrogen-bond acceptors (Lipinski definition) is 6. The molecule has 1 fully saturated rings. The van der Waals surface area contributed by atoms with Crippen LogP contribution in [0, 0.1) is 0 Å². The topological polar surface area (TPSA) is 106 Å². The maximum Gasteiger partial charge on any atom is 0.310 e. The second-order valence-electron chi connectivity index (χ2n) is 4.28. The Labute approximate surface area is 110 Å². The highest BCUT2D eigenvalue weighted by Crippen LogP contribution is 2.36. The van der Waals surface area contributed by atoms with Crippen molar-refractivity contribution in [2.75, 3.05) is 5.73 Å². The fourth-order valence-electron chi connectivity index (χ4n) is 2.14. The molecule has 0 aliphatic carbocycles. The van der Waals surface area contributed by atoms with Crippen molar-refractivity contribution in [2.24, 2.45) is 0 Å². The van der Waals surface area contributed by atoms with Crippen molar-refractivity contribution in [1.29, 1.82) is 0 Å². The van der Waals surface area contributed by atoms with Crippen molar-refractivity contribution < 1.29 is 23.7 Å². The smallest absolute Gasteiger partial charge is 0.310 e. The average molecular weight is 284 g/mol. The number of pyridine rings is 1. The Morgan fingerprint density at radius 3 is 2.75 bits per heavy atom. The highest BCUT2D eigenvalue weighted by Gasteiger charge is 2.43. The molecule has 2 aromatic heterocycles. The van der Waals surface area contributed by atoms with E-state index < -0.39 is 30.3 Å². The van der Waals surface area contributed by atoms with Crippen LogP contribution in [0.2, 0.25) is 0 Å². The SMILES string of the molecule is Nc1nccc2c1ncn2[C@@H]1OC(=C(F)F)[C@@H](O)[C@H]1O. The van der Waals surface area contributed by atoms with Gasteiger partial charge in [0.1, 0.15) is 17.7 Å². The molecule has 0 saturated carbocycles. The number of nitrogens with two attached hydrogens (primary N) is 1. The molecule has 0 aromatic carbocycles. The summed E-state index contributed by atoms with van der Waals surface area (Å²) in [6.07, 6.45) is -4.03. The molecule has 1 aliphatic rings. The zero-order chi connectivity index (χ0) is 14.4. The summed E-state index contributed by atoms with van der Waals surface area (Å²) in [4.78, 5) is 7.84. The molecule has 0 bridgehead atoms. The lowest BCUT2D eigenvalue weighted by Gasteiger charge is -2.16. The summed E-state index contributed by atoms with van der Waals surface area (Å²) < 4.78 is 31.4. The van der Waals surface area contributed by atoms with E-state index in [9.17, 15) is 19.0 Å². The zero-order valence-electron chi connectivity index (χ0n) is 9.94. The standard InChI is InChI=1S/C11H10F2N4O3/c12-9(13)8-6(18)7(19)11(20-8)17-3-16-5-4(17)1-2-15-10(5)14/h1-3,6-7,11,18-19H,(H2,14,15)/t6-,7+,11+/m0/s1. The Hall–Kier alpha value is -2.26. The molecular weight excluding hydrogens is 274 g/mol. The molecule has 106 valence electrons. The summed E-state index contributed by atoms with van der Waals surface area (Å²) in [5, 5.41) is 19.4. The fourth-order valence-corrected chi connectivity index (χ4v) is 2.14. The molecule has 0 unspecified atom stereocenters. The first-order chi connectivity index (χ1) is 9.50. The van der Waals surface area contributed by atoms with Gasteiger partial charge in [0.2, 0.25) is 6.23 Å². The predicted molar refractivity (Wildman–Crippen MR) is 63.3 cm³/mol. The quantitative estimate of drug-likeness (QED) is 0.698. The van der Waals surface area contributed by atoms with Crippen molar-refractivity contribution in [3.63, 3.8) is 0 Å². The summed E-state index contributed by atoms with van der Waals surface area (Å²) >= 11 is 0. The van der Waals surface area contributed by atoms with Gasteiger partial charge in [-0.1, -0.05) is 0 Å². The molecule has 9 heteroatoms. The first-order valence-electron chi connectivity index (χ1n) is 5.65. The van der Waals surface area contributed by atoms with Crippen LogP contribution >= 0.6 is 0 Å². The lowest BCUT2D eigenvalue weighted by atomic mass is 10.2. The number of rotatable bonds is 1. The molecule has 0 amide bonds. The van der Waals surface area contributed by atoms with Gasteiger partial charge in [0.05, 0.1) is 11.8 Å². The van der Waals surface area contributed by atoms with Gasteiger partial charge in [0, 0.05) is 6.20 Å². The lowest BCUT2D eigenvalue weighted by Crippen LogP contribution is -2.27. The number of anilines is 1. The highest BCUT2D eigenvalue weighted by molar-refractivity contribution is 5.84. The van der Waals surface area contributed by atoms with Crippen LogP contribution in [0.5, 0.6) is 0 Å². The van der Waals surface area contributed by atoms with Gasteiger partial charge >= 0.3 is 6.08 Å². The third kappa shape index (κ3) is 1.71. The van der Waals surface area contributed by atoms with E-state index in [2.05, 4.69) is 9.97 Å². The van der Waals surface area contributed by atoms with Crippen molar-refractivity contribution in [1.82, 2.24) is 14.5 Å². The maximum absolute atomic E-state index is 12.6. The van der Waals surface area contributed by atoms with Gasteiger partial charge in [0.25, 0.3) is 0 Å². The van der Waals surface area contributed by atoms with Gasteiger partial charge in [-0.2, -0.15) is 8.78 Å². The molecule has 7 nitrogen and oxygen atoms in total. The number of nitrogen functional groups attached to an aromatic ring is 1. The minimum absolute atomic E-state index is 0.168. The number of ether oxygens (including phenoxy) is 1. The summed E-state index contributed by atoms with van der Waals surface area (Å²) in [5.74, 6) is -0.770. The monoisotopic (exact) mass is 284 g/mol. The number of halogens is 2. The van der Waals surface area contributed by atoms with Gasteiger partial charge < -0.3 is 20.7 Å². The largest absolute Gasteiger partial charge is 0.463 e. The summed E-state index contributed by atoms with van der Waals surface area (Å²) in [5.41, 5.74) is 6.45. The molecule has 4 N–H and O–H groups in total. The van der Waals surface area contributed by atoms with Crippen molar-refractivity contribution in [3.05, 3.63) is 30.4 Å². The molecule has 2 aromatic rings. The van der Waals surface area contributed by atoms with Crippen LogP contribution in [0.3, 0.4) is 0 Å². The van der Waals surface area contributed by atoms with Crippen molar-refractivity contribution in [2.45, 2.75) is 18.4 Å². The van der Waals surface area contributed by atoms with Gasteiger partial charge in [-0.3, -0.25) is 4.57 Å². The van der Waals surface area contributed by atoms with Crippen molar-refractivity contribution >= 4 is 16.9 Å². The van der Waals surface area contributed by atoms with Crippen LogP contribution in [0.4, 0.5) is 14.6 Å². The second kappa shape index (κ2) is 4.39. The first kappa shape index (κ1) is 12.8. The molecule has 20 heavy (non-hydrogen) atoms. The van der Waals surface area contributed by atoms with E-state index in [1.54, 1.807) is 6.07 Å². The third-order valence-electron chi connectivity index (χ3n) is 3.11. The molecule has 0 radical (unpaired) electrons. The number of aliphatic hydroxyl groups is 2. The minimum atomic E-state index is -2.18. The Balaban J connectivity index is 2.09. The van der Waals surface area contributed by atoms with Crippen molar-refractivity contribution in [3.8, 4) is 0 Å². The highest BCUT2D eigenvalue weighted by atomic mass is 19.3. The summed E-state index contributed by atoms with van der Waals surface area (Å²) in [6.45, 7) is 0. The second-order valence-corrected chi connectivity index (χ2v) is 4.28. The molecular formula is C11H10F2N4O3. The molecule has 3 rings (SSSR count). The Morgan fingerprint density at radius 2 is 2.10 bits per heavy atom. The molecule has 3 atom stereocenters. The zero-order valence-corrected chi connectivity index (χ0v) is 9.94. The van der Waals surface area contributed by atoms with Gasteiger partial charge in [-0.25, -0.2) is 9.97 Å². The van der Waals surface area contributed by atoms with Gasteiger partial charge in [-0.15, -0.1) is 0 Å². The minimum Gasteiger partial charge on any atom is -0.463 e. The average Bonchev–Trinajstić information content (AvgIpc) is 2.94. The predicted octanol–water partition coefficient (Wildman–Crippen LogP) is 0.372. The molecule has 1 aliphatic heterocycles. The number of nitrogens with zero attached hydrogens (tertiary/aromatic N) is 3. The Bertz CT molecular complexity index is 698. The molecule has 0 spiro atoms. The number of imidazole rings is 1. The third-order valence-corrected chi connectivity index (χ3v) is 3.11. The Kier molecular flexibility index (Phi) is 2.80. The van der Waals surface area contributed by atoms with E-state index >= 15 is 0 Å².